The lowest BCUT2D eigenvalue weighted by Crippen LogP contribution is -2.50. The van der Waals surface area contributed by atoms with Crippen molar-refractivity contribution in [3.63, 3.8) is 0 Å². The molecule has 0 aromatic rings. The van der Waals surface area contributed by atoms with Crippen LogP contribution in [0.4, 0.5) is 0 Å². The molecule has 4 atom stereocenters. The monoisotopic (exact) mass is 236 g/mol. The van der Waals surface area contributed by atoms with E-state index in [4.69, 9.17) is 0 Å². The highest BCUT2D eigenvalue weighted by Gasteiger charge is 2.51. The van der Waals surface area contributed by atoms with Gasteiger partial charge < -0.3 is 5.11 Å². The van der Waals surface area contributed by atoms with E-state index in [1.165, 1.54) is 0 Å². The van der Waals surface area contributed by atoms with Crippen LogP contribution in [0, 0.1) is 17.3 Å². The molecule has 17 heavy (non-hydrogen) atoms. The lowest BCUT2D eigenvalue weighted by Gasteiger charge is -2.49. The lowest BCUT2D eigenvalue weighted by atomic mass is 9.55. The molecule has 96 valence electrons. The maximum absolute atomic E-state index is 12.6. The van der Waals surface area contributed by atoms with Crippen LogP contribution in [-0.4, -0.2) is 17.0 Å². The van der Waals surface area contributed by atoms with Crippen LogP contribution < -0.4 is 0 Å². The summed E-state index contributed by atoms with van der Waals surface area (Å²) < 4.78 is 0. The van der Waals surface area contributed by atoms with Crippen molar-refractivity contribution in [3.05, 3.63) is 11.6 Å². The molecule has 2 nitrogen and oxygen atoms in total. The van der Waals surface area contributed by atoms with E-state index in [-0.39, 0.29) is 17.4 Å². The second-order valence-corrected chi connectivity index (χ2v) is 5.99. The Morgan fingerprint density at radius 1 is 1.47 bits per heavy atom. The van der Waals surface area contributed by atoms with Crippen LogP contribution in [0.3, 0.4) is 0 Å². The number of ketones is 1. The van der Waals surface area contributed by atoms with E-state index in [1.54, 1.807) is 0 Å². The fourth-order valence-electron chi connectivity index (χ4n) is 3.84. The lowest BCUT2D eigenvalue weighted by molar-refractivity contribution is -0.138. The van der Waals surface area contributed by atoms with Crippen molar-refractivity contribution in [2.45, 2.75) is 59.0 Å². The molecule has 0 aromatic heterocycles. The number of carbonyl (C=O) groups excluding carboxylic acids is 1. The Morgan fingerprint density at radius 2 is 2.18 bits per heavy atom. The Hall–Kier alpha value is -0.630. The first kappa shape index (κ1) is 12.8. The van der Waals surface area contributed by atoms with Gasteiger partial charge in [-0.15, -0.1) is 0 Å². The van der Waals surface area contributed by atoms with Gasteiger partial charge in [-0.25, -0.2) is 0 Å². The summed E-state index contributed by atoms with van der Waals surface area (Å²) in [5.41, 5.74) is 0.826. The van der Waals surface area contributed by atoms with E-state index >= 15 is 0 Å². The van der Waals surface area contributed by atoms with Crippen molar-refractivity contribution in [2.75, 3.05) is 0 Å². The predicted octanol–water partition coefficient (Wildman–Crippen LogP) is 3.10. The topological polar surface area (TPSA) is 37.3 Å². The number of carbonyl (C=O) groups is 1. The SMILES string of the molecule is CCC=C1CCC2[C@H](C)C(O)CC[C@]2(C)C1=O. The summed E-state index contributed by atoms with van der Waals surface area (Å²) in [4.78, 5) is 12.6. The predicted molar refractivity (Wildman–Crippen MR) is 68.6 cm³/mol. The Bertz CT molecular complexity index is 345. The normalized spacial score (nSPS) is 44.8. The van der Waals surface area contributed by atoms with E-state index in [1.807, 2.05) is 0 Å². The molecule has 2 fully saturated rings. The van der Waals surface area contributed by atoms with Gasteiger partial charge in [-0.2, -0.15) is 0 Å². The summed E-state index contributed by atoms with van der Waals surface area (Å²) in [7, 11) is 0. The van der Waals surface area contributed by atoms with Gasteiger partial charge in [0.05, 0.1) is 6.10 Å². The molecular weight excluding hydrogens is 212 g/mol. The molecule has 0 heterocycles. The van der Waals surface area contributed by atoms with Gasteiger partial charge in [0.1, 0.15) is 0 Å². The standard InChI is InChI=1S/C15H24O2/c1-4-5-11-6-7-12-10(2)13(16)8-9-15(12,3)14(11)17/h5,10,12-13,16H,4,6-9H2,1-3H3/t10-,12?,13?,15-/m0/s1. The number of Topliss-reactive ketones (excluding diaryl/α,β-unsaturated/α-hetero) is 1. The minimum Gasteiger partial charge on any atom is -0.393 e. The zero-order valence-corrected chi connectivity index (χ0v) is 11.2. The first-order chi connectivity index (χ1) is 8.00. The van der Waals surface area contributed by atoms with Gasteiger partial charge in [0.2, 0.25) is 0 Å². The highest BCUT2D eigenvalue weighted by Crippen LogP contribution is 2.51. The average molecular weight is 236 g/mol. The van der Waals surface area contributed by atoms with Gasteiger partial charge in [0, 0.05) is 5.41 Å². The Labute approximate surface area is 104 Å². The Morgan fingerprint density at radius 3 is 2.82 bits per heavy atom. The summed E-state index contributed by atoms with van der Waals surface area (Å²) in [5.74, 6) is 0.989. The summed E-state index contributed by atoms with van der Waals surface area (Å²) in [6.45, 7) is 6.31. The summed E-state index contributed by atoms with van der Waals surface area (Å²) in [6.07, 6.45) is 6.43. The minimum absolute atomic E-state index is 0.210. The average Bonchev–Trinajstić information content (AvgIpc) is 2.30. The fourth-order valence-corrected chi connectivity index (χ4v) is 3.84. The van der Waals surface area contributed by atoms with Gasteiger partial charge in [0.25, 0.3) is 0 Å². The van der Waals surface area contributed by atoms with Gasteiger partial charge in [-0.1, -0.05) is 26.8 Å². The van der Waals surface area contributed by atoms with Crippen molar-refractivity contribution in [1.82, 2.24) is 0 Å². The maximum atomic E-state index is 12.6. The highest BCUT2D eigenvalue weighted by atomic mass is 16.3. The molecule has 2 rings (SSSR count). The van der Waals surface area contributed by atoms with Gasteiger partial charge in [-0.05, 0) is 49.5 Å². The van der Waals surface area contributed by atoms with E-state index in [0.717, 1.165) is 37.7 Å². The van der Waals surface area contributed by atoms with Crippen LogP contribution in [-0.2, 0) is 4.79 Å². The van der Waals surface area contributed by atoms with E-state index in [0.29, 0.717) is 11.7 Å². The largest absolute Gasteiger partial charge is 0.393 e. The Kier molecular flexibility index (Phi) is 3.44. The first-order valence-corrected chi connectivity index (χ1v) is 6.92. The summed E-state index contributed by atoms with van der Waals surface area (Å²) >= 11 is 0. The summed E-state index contributed by atoms with van der Waals surface area (Å²) in [6, 6.07) is 0. The van der Waals surface area contributed by atoms with Crippen molar-refractivity contribution in [2.24, 2.45) is 17.3 Å². The van der Waals surface area contributed by atoms with Crippen molar-refractivity contribution < 1.29 is 9.90 Å². The van der Waals surface area contributed by atoms with Crippen LogP contribution in [0.15, 0.2) is 11.6 Å². The third-order valence-electron chi connectivity index (χ3n) is 5.00. The number of fused-ring (bicyclic) bond motifs is 1. The van der Waals surface area contributed by atoms with Crippen LogP contribution in [0.1, 0.15) is 52.9 Å². The molecule has 1 N–H and O–H groups in total. The second-order valence-electron chi connectivity index (χ2n) is 5.99. The smallest absolute Gasteiger partial charge is 0.164 e. The van der Waals surface area contributed by atoms with Crippen LogP contribution in [0.25, 0.3) is 0 Å². The first-order valence-electron chi connectivity index (χ1n) is 6.92. The minimum atomic E-state index is -0.211. The van der Waals surface area contributed by atoms with Crippen molar-refractivity contribution >= 4 is 5.78 Å². The molecule has 0 radical (unpaired) electrons. The fraction of sp³-hybridized carbons (Fsp3) is 0.800. The van der Waals surface area contributed by atoms with Crippen LogP contribution in [0.2, 0.25) is 0 Å². The van der Waals surface area contributed by atoms with E-state index in [2.05, 4.69) is 26.8 Å². The maximum Gasteiger partial charge on any atom is 0.164 e. The van der Waals surface area contributed by atoms with Gasteiger partial charge in [0.15, 0.2) is 5.78 Å². The quantitative estimate of drug-likeness (QED) is 0.710. The number of allylic oxidation sites excluding steroid dienone is 2. The molecule has 2 saturated carbocycles. The molecule has 0 bridgehead atoms. The molecular formula is C15H24O2. The van der Waals surface area contributed by atoms with Crippen molar-refractivity contribution in [3.8, 4) is 0 Å². The number of hydrogen-bond donors (Lipinski definition) is 1. The summed E-state index contributed by atoms with van der Waals surface area (Å²) in [5, 5.41) is 9.96. The zero-order chi connectivity index (χ0) is 12.6. The van der Waals surface area contributed by atoms with Crippen LogP contribution in [0.5, 0.6) is 0 Å². The number of hydrogen-bond acceptors (Lipinski definition) is 2. The molecule has 0 amide bonds. The second kappa shape index (κ2) is 4.56. The van der Waals surface area contributed by atoms with Crippen molar-refractivity contribution in [1.29, 1.82) is 0 Å². The molecule has 0 aromatic carbocycles. The number of rotatable bonds is 1. The number of aliphatic hydroxyl groups excluding tert-OH is 1. The van der Waals surface area contributed by atoms with Gasteiger partial charge in [-0.3, -0.25) is 4.79 Å². The molecule has 2 unspecified atom stereocenters. The zero-order valence-electron chi connectivity index (χ0n) is 11.2. The molecule has 2 heteroatoms. The third-order valence-corrected chi connectivity index (χ3v) is 5.00. The molecule has 2 aliphatic rings. The van der Waals surface area contributed by atoms with E-state index in [9.17, 15) is 9.90 Å². The molecule has 0 aliphatic heterocycles. The van der Waals surface area contributed by atoms with E-state index < -0.39 is 0 Å². The Balaban J connectivity index is 2.28. The number of aliphatic hydroxyl groups is 1. The van der Waals surface area contributed by atoms with Crippen LogP contribution >= 0.6 is 0 Å². The highest BCUT2D eigenvalue weighted by molar-refractivity contribution is 6.00. The molecule has 0 saturated heterocycles. The van der Waals surface area contributed by atoms with Gasteiger partial charge >= 0.3 is 0 Å². The molecule has 2 aliphatic carbocycles. The third kappa shape index (κ3) is 1.97. The molecule has 0 spiro atoms.